The number of nitrogens with zero attached hydrogens (tertiary/aromatic N) is 2. The lowest BCUT2D eigenvalue weighted by Crippen LogP contribution is -2.27. The van der Waals surface area contributed by atoms with Gasteiger partial charge >= 0.3 is 0 Å². The quantitative estimate of drug-likeness (QED) is 0.423. The van der Waals surface area contributed by atoms with Gasteiger partial charge in [0.25, 0.3) is 0 Å². The van der Waals surface area contributed by atoms with Crippen LogP contribution in [0.25, 0.3) is 33.4 Å². The summed E-state index contributed by atoms with van der Waals surface area (Å²) in [5.74, 6) is 2.06. The van der Waals surface area contributed by atoms with Gasteiger partial charge in [-0.3, -0.25) is 4.98 Å². The van der Waals surface area contributed by atoms with Crippen LogP contribution in [0.5, 0.6) is 0 Å². The zero-order valence-electron chi connectivity index (χ0n) is 17.9. The van der Waals surface area contributed by atoms with Crippen molar-refractivity contribution in [1.29, 1.82) is 0 Å². The van der Waals surface area contributed by atoms with Gasteiger partial charge in [-0.05, 0) is 68.6 Å². The molecule has 0 radical (unpaired) electrons. The lowest BCUT2D eigenvalue weighted by atomic mass is 9.95. The molecule has 0 bridgehead atoms. The molecule has 0 unspecified atom stereocenters. The van der Waals surface area contributed by atoms with Crippen molar-refractivity contribution >= 4 is 10.9 Å². The van der Waals surface area contributed by atoms with Gasteiger partial charge < -0.3 is 15.3 Å². The van der Waals surface area contributed by atoms with Crippen LogP contribution < -0.4 is 5.32 Å². The van der Waals surface area contributed by atoms with Gasteiger partial charge in [-0.1, -0.05) is 19.9 Å². The minimum absolute atomic E-state index is 0.407. The smallest absolute Gasteiger partial charge is 0.109 e. The molecular formula is C25H29N5. The lowest BCUT2D eigenvalue weighted by Gasteiger charge is -2.20. The Bertz CT molecular complexity index is 1180. The molecule has 3 aromatic heterocycles. The fourth-order valence-corrected chi connectivity index (χ4v) is 4.69. The number of aromatic amines is 2. The molecule has 1 fully saturated rings. The summed E-state index contributed by atoms with van der Waals surface area (Å²) in [5, 5.41) is 4.71. The fourth-order valence-electron chi connectivity index (χ4n) is 4.69. The highest BCUT2D eigenvalue weighted by atomic mass is 14.9. The fraction of sp³-hybridized carbons (Fsp3) is 0.360. The monoisotopic (exact) mass is 399 g/mol. The molecule has 5 heteroatoms. The molecule has 4 heterocycles. The van der Waals surface area contributed by atoms with Gasteiger partial charge in [-0.15, -0.1) is 0 Å². The number of fused-ring (bicyclic) bond motifs is 1. The second-order valence-corrected chi connectivity index (χ2v) is 8.72. The first-order valence-electron chi connectivity index (χ1n) is 10.9. The first-order chi connectivity index (χ1) is 14.6. The standard InChI is InChI=1S/C25H29N5/c1-15(2)23-20-13-18(22-14-28-25(30-22)17-6-9-26-10-7-17)4-5-21(20)29-24(23)19-8-11-27-16(3)12-19/h4-5,8,11-15,17,26,29H,6-7,9-10H2,1-3H3,(H,28,30). The normalized spacial score (nSPS) is 15.3. The van der Waals surface area contributed by atoms with Gasteiger partial charge in [0.15, 0.2) is 0 Å². The van der Waals surface area contributed by atoms with E-state index in [1.807, 2.05) is 19.3 Å². The summed E-state index contributed by atoms with van der Waals surface area (Å²) >= 11 is 0. The number of H-pyrrole nitrogens is 2. The van der Waals surface area contributed by atoms with Crippen molar-refractivity contribution in [3.63, 3.8) is 0 Å². The van der Waals surface area contributed by atoms with E-state index in [0.29, 0.717) is 11.8 Å². The average Bonchev–Trinajstić information content (AvgIpc) is 3.39. The van der Waals surface area contributed by atoms with E-state index in [4.69, 9.17) is 4.98 Å². The SMILES string of the molecule is Cc1cc(-c2[nH]c3ccc(-c4cnc(C5CCNCC5)[nH]4)cc3c2C(C)C)ccn1. The van der Waals surface area contributed by atoms with Crippen molar-refractivity contribution in [2.75, 3.05) is 13.1 Å². The summed E-state index contributed by atoms with van der Waals surface area (Å²) in [5.41, 5.74) is 8.24. The number of imidazole rings is 1. The van der Waals surface area contributed by atoms with Gasteiger partial charge in [-0.25, -0.2) is 4.98 Å². The lowest BCUT2D eigenvalue weighted by molar-refractivity contribution is 0.447. The number of pyridine rings is 1. The number of aryl methyl sites for hydroxylation is 1. The van der Waals surface area contributed by atoms with Gasteiger partial charge in [0.05, 0.1) is 17.6 Å². The molecule has 1 aromatic carbocycles. The van der Waals surface area contributed by atoms with Crippen LogP contribution >= 0.6 is 0 Å². The molecule has 0 saturated carbocycles. The number of aromatic nitrogens is 4. The molecule has 0 atom stereocenters. The maximum Gasteiger partial charge on any atom is 0.109 e. The highest BCUT2D eigenvalue weighted by molar-refractivity contribution is 5.94. The molecule has 3 N–H and O–H groups in total. The van der Waals surface area contributed by atoms with E-state index in [9.17, 15) is 0 Å². The summed E-state index contributed by atoms with van der Waals surface area (Å²) in [4.78, 5) is 16.3. The van der Waals surface area contributed by atoms with Crippen LogP contribution in [0.3, 0.4) is 0 Å². The first kappa shape index (κ1) is 19.1. The minimum Gasteiger partial charge on any atom is -0.354 e. The number of piperidine rings is 1. The van der Waals surface area contributed by atoms with Gasteiger partial charge in [0.2, 0.25) is 0 Å². The molecular weight excluding hydrogens is 370 g/mol. The van der Waals surface area contributed by atoms with Crippen molar-refractivity contribution in [3.8, 4) is 22.5 Å². The zero-order chi connectivity index (χ0) is 20.7. The van der Waals surface area contributed by atoms with Crippen LogP contribution in [0.2, 0.25) is 0 Å². The summed E-state index contributed by atoms with van der Waals surface area (Å²) < 4.78 is 0. The van der Waals surface area contributed by atoms with E-state index >= 15 is 0 Å². The van der Waals surface area contributed by atoms with E-state index in [2.05, 4.69) is 64.4 Å². The molecule has 1 aliphatic rings. The molecule has 0 spiro atoms. The second kappa shape index (κ2) is 7.73. The predicted molar refractivity (Wildman–Crippen MR) is 123 cm³/mol. The van der Waals surface area contributed by atoms with Crippen molar-refractivity contribution in [1.82, 2.24) is 25.3 Å². The Kier molecular flexibility index (Phi) is 4.91. The molecule has 4 aromatic rings. The number of nitrogens with one attached hydrogen (secondary N) is 3. The van der Waals surface area contributed by atoms with Crippen molar-refractivity contribution in [2.45, 2.75) is 45.4 Å². The topological polar surface area (TPSA) is 69.4 Å². The summed E-state index contributed by atoms with van der Waals surface area (Å²) in [7, 11) is 0. The van der Waals surface area contributed by atoms with Crippen LogP contribution in [0.4, 0.5) is 0 Å². The van der Waals surface area contributed by atoms with Crippen molar-refractivity contribution < 1.29 is 0 Å². The Labute approximate surface area is 177 Å². The number of rotatable bonds is 4. The van der Waals surface area contributed by atoms with Crippen molar-refractivity contribution in [3.05, 3.63) is 59.8 Å². The van der Waals surface area contributed by atoms with Gasteiger partial charge in [0.1, 0.15) is 5.82 Å². The van der Waals surface area contributed by atoms with E-state index in [-0.39, 0.29) is 0 Å². The maximum absolute atomic E-state index is 4.72. The number of benzene rings is 1. The third-order valence-electron chi connectivity index (χ3n) is 6.23. The van der Waals surface area contributed by atoms with Crippen LogP contribution in [0, 0.1) is 6.92 Å². The van der Waals surface area contributed by atoms with Gasteiger partial charge in [-0.2, -0.15) is 0 Å². The van der Waals surface area contributed by atoms with Crippen LogP contribution in [-0.2, 0) is 0 Å². The Morgan fingerprint density at radius 3 is 2.57 bits per heavy atom. The Hall–Kier alpha value is -2.92. The highest BCUT2D eigenvalue weighted by Gasteiger charge is 2.20. The third kappa shape index (κ3) is 3.43. The molecule has 0 amide bonds. The summed E-state index contributed by atoms with van der Waals surface area (Å²) in [6.45, 7) is 8.71. The van der Waals surface area contributed by atoms with Crippen LogP contribution in [0.1, 0.15) is 55.6 Å². The van der Waals surface area contributed by atoms with E-state index in [1.54, 1.807) is 0 Å². The minimum atomic E-state index is 0.407. The van der Waals surface area contributed by atoms with E-state index in [1.165, 1.54) is 33.3 Å². The highest BCUT2D eigenvalue weighted by Crippen LogP contribution is 2.37. The average molecular weight is 400 g/mol. The largest absolute Gasteiger partial charge is 0.354 e. The molecule has 5 nitrogen and oxygen atoms in total. The second-order valence-electron chi connectivity index (χ2n) is 8.72. The molecule has 0 aliphatic carbocycles. The predicted octanol–water partition coefficient (Wildman–Crippen LogP) is 5.52. The Morgan fingerprint density at radius 2 is 1.80 bits per heavy atom. The summed E-state index contributed by atoms with van der Waals surface area (Å²) in [6, 6.07) is 10.9. The zero-order valence-corrected chi connectivity index (χ0v) is 17.9. The van der Waals surface area contributed by atoms with E-state index < -0.39 is 0 Å². The van der Waals surface area contributed by atoms with Gasteiger partial charge in [0, 0.05) is 39.8 Å². The molecule has 1 saturated heterocycles. The van der Waals surface area contributed by atoms with Crippen LogP contribution in [0.15, 0.2) is 42.7 Å². The molecule has 1 aliphatic heterocycles. The molecule has 30 heavy (non-hydrogen) atoms. The third-order valence-corrected chi connectivity index (χ3v) is 6.23. The Morgan fingerprint density at radius 1 is 0.967 bits per heavy atom. The number of hydrogen-bond acceptors (Lipinski definition) is 3. The van der Waals surface area contributed by atoms with E-state index in [0.717, 1.165) is 43.1 Å². The maximum atomic E-state index is 4.72. The van der Waals surface area contributed by atoms with Crippen molar-refractivity contribution in [2.24, 2.45) is 0 Å². The molecule has 5 rings (SSSR count). The molecule has 154 valence electrons. The first-order valence-corrected chi connectivity index (χ1v) is 10.9. The number of hydrogen-bond donors (Lipinski definition) is 3. The summed E-state index contributed by atoms with van der Waals surface area (Å²) in [6.07, 6.45) is 6.18. The Balaban J connectivity index is 1.57. The van der Waals surface area contributed by atoms with Crippen LogP contribution in [-0.4, -0.2) is 33.0 Å².